The Hall–Kier alpha value is -2.21. The van der Waals surface area contributed by atoms with Crippen LogP contribution in [0.15, 0.2) is 11.2 Å². The molecule has 8 nitrogen and oxygen atoms in total. The SMILES string of the molecule is CN(C)C(=O)C1CCC(Nc2ncc(C#N)c(S(C)(=O)=O)n2)CC1. The van der Waals surface area contributed by atoms with E-state index in [1.165, 1.54) is 6.20 Å². The zero-order chi connectivity index (χ0) is 17.9. The molecule has 24 heavy (non-hydrogen) atoms. The number of amides is 1. The van der Waals surface area contributed by atoms with Crippen LogP contribution in [0, 0.1) is 17.2 Å². The third-order valence-electron chi connectivity index (χ3n) is 4.08. The lowest BCUT2D eigenvalue weighted by atomic mass is 9.85. The van der Waals surface area contributed by atoms with E-state index >= 15 is 0 Å². The van der Waals surface area contributed by atoms with Crippen LogP contribution in [0.4, 0.5) is 5.95 Å². The third-order valence-corrected chi connectivity index (χ3v) is 5.09. The monoisotopic (exact) mass is 351 g/mol. The van der Waals surface area contributed by atoms with Crippen molar-refractivity contribution >= 4 is 21.7 Å². The number of sulfone groups is 1. The van der Waals surface area contributed by atoms with Crippen LogP contribution < -0.4 is 5.32 Å². The fourth-order valence-corrected chi connectivity index (χ4v) is 3.58. The Morgan fingerprint density at radius 3 is 2.46 bits per heavy atom. The lowest BCUT2D eigenvalue weighted by molar-refractivity contribution is -0.133. The summed E-state index contributed by atoms with van der Waals surface area (Å²) >= 11 is 0. The summed E-state index contributed by atoms with van der Waals surface area (Å²) < 4.78 is 23.5. The third kappa shape index (κ3) is 4.20. The predicted octanol–water partition coefficient (Wildman–Crippen LogP) is 0.811. The van der Waals surface area contributed by atoms with Crippen molar-refractivity contribution in [2.45, 2.75) is 36.8 Å². The first-order valence-corrected chi connectivity index (χ1v) is 9.56. The molecule has 0 spiro atoms. The van der Waals surface area contributed by atoms with Crippen molar-refractivity contribution in [3.05, 3.63) is 11.8 Å². The first-order valence-electron chi connectivity index (χ1n) is 7.67. The van der Waals surface area contributed by atoms with E-state index in [2.05, 4.69) is 15.3 Å². The first kappa shape index (κ1) is 18.1. The molecule has 0 aromatic carbocycles. The Morgan fingerprint density at radius 1 is 1.33 bits per heavy atom. The van der Waals surface area contributed by atoms with Gasteiger partial charge in [0.05, 0.1) is 6.20 Å². The molecule has 1 aliphatic rings. The van der Waals surface area contributed by atoms with Gasteiger partial charge < -0.3 is 10.2 Å². The molecule has 0 bridgehead atoms. The second kappa shape index (κ2) is 7.13. The molecule has 2 rings (SSSR count). The van der Waals surface area contributed by atoms with Crippen molar-refractivity contribution in [1.29, 1.82) is 5.26 Å². The molecule has 0 unspecified atom stereocenters. The fourth-order valence-electron chi connectivity index (χ4n) is 2.83. The molecule has 0 saturated heterocycles. The van der Waals surface area contributed by atoms with Gasteiger partial charge in [0.25, 0.3) is 0 Å². The van der Waals surface area contributed by atoms with E-state index in [0.29, 0.717) is 0 Å². The maximum Gasteiger partial charge on any atom is 0.225 e. The van der Waals surface area contributed by atoms with Crippen LogP contribution >= 0.6 is 0 Å². The Morgan fingerprint density at radius 2 is 1.96 bits per heavy atom. The topological polar surface area (TPSA) is 116 Å². The van der Waals surface area contributed by atoms with Gasteiger partial charge in [-0.05, 0) is 25.7 Å². The van der Waals surface area contributed by atoms with Crippen LogP contribution in [0.3, 0.4) is 0 Å². The van der Waals surface area contributed by atoms with E-state index in [1.54, 1.807) is 25.1 Å². The molecule has 1 aromatic rings. The normalized spacial score (nSPS) is 20.9. The smallest absolute Gasteiger partial charge is 0.225 e. The summed E-state index contributed by atoms with van der Waals surface area (Å²) in [5.74, 6) is 0.366. The molecule has 1 aromatic heterocycles. The average Bonchev–Trinajstić information content (AvgIpc) is 2.54. The molecule has 1 saturated carbocycles. The minimum absolute atomic E-state index is 0.0338. The Bertz CT molecular complexity index is 762. The molecular weight excluding hydrogens is 330 g/mol. The summed E-state index contributed by atoms with van der Waals surface area (Å²) in [6.07, 6.45) is 5.32. The maximum atomic E-state index is 12.0. The molecule has 9 heteroatoms. The van der Waals surface area contributed by atoms with Crippen LogP contribution in [0.1, 0.15) is 31.2 Å². The van der Waals surface area contributed by atoms with E-state index in [4.69, 9.17) is 5.26 Å². The van der Waals surface area contributed by atoms with Crippen molar-refractivity contribution in [3.63, 3.8) is 0 Å². The molecule has 1 amide bonds. The van der Waals surface area contributed by atoms with Crippen molar-refractivity contribution in [3.8, 4) is 6.07 Å². The van der Waals surface area contributed by atoms with Crippen LogP contribution in [0.5, 0.6) is 0 Å². The van der Waals surface area contributed by atoms with Crippen LogP contribution in [0.2, 0.25) is 0 Å². The number of nitrogens with one attached hydrogen (secondary N) is 1. The maximum absolute atomic E-state index is 12.0. The average molecular weight is 351 g/mol. The van der Waals surface area contributed by atoms with Crippen LogP contribution in [-0.2, 0) is 14.6 Å². The van der Waals surface area contributed by atoms with Gasteiger partial charge in [0.2, 0.25) is 11.9 Å². The number of anilines is 1. The van der Waals surface area contributed by atoms with Gasteiger partial charge in [-0.1, -0.05) is 0 Å². The summed E-state index contributed by atoms with van der Waals surface area (Å²) in [6, 6.07) is 1.87. The van der Waals surface area contributed by atoms with E-state index in [-0.39, 0.29) is 34.4 Å². The molecule has 0 radical (unpaired) electrons. The first-order chi connectivity index (χ1) is 11.2. The molecule has 130 valence electrons. The number of aromatic nitrogens is 2. The van der Waals surface area contributed by atoms with Crippen LogP contribution in [0.25, 0.3) is 0 Å². The quantitative estimate of drug-likeness (QED) is 0.798. The van der Waals surface area contributed by atoms with Crippen LogP contribution in [-0.4, -0.2) is 55.6 Å². The van der Waals surface area contributed by atoms with Crippen molar-refractivity contribution in [2.75, 3.05) is 25.7 Å². The van der Waals surface area contributed by atoms with Gasteiger partial charge in [0, 0.05) is 32.3 Å². The van der Waals surface area contributed by atoms with Gasteiger partial charge >= 0.3 is 0 Å². The second-order valence-corrected chi connectivity index (χ2v) is 8.15. The summed E-state index contributed by atoms with van der Waals surface area (Å²) in [5, 5.41) is 11.8. The highest BCUT2D eigenvalue weighted by atomic mass is 32.2. The molecule has 1 aliphatic carbocycles. The minimum atomic E-state index is -3.60. The highest BCUT2D eigenvalue weighted by Gasteiger charge is 2.28. The van der Waals surface area contributed by atoms with Gasteiger partial charge in [0.15, 0.2) is 14.9 Å². The van der Waals surface area contributed by atoms with Gasteiger partial charge in [-0.3, -0.25) is 4.79 Å². The summed E-state index contributed by atoms with van der Waals surface area (Å²) in [6.45, 7) is 0. The van der Waals surface area contributed by atoms with E-state index in [9.17, 15) is 13.2 Å². The number of hydrogen-bond donors (Lipinski definition) is 1. The van der Waals surface area contributed by atoms with Gasteiger partial charge in [-0.25, -0.2) is 13.4 Å². The summed E-state index contributed by atoms with van der Waals surface area (Å²) in [4.78, 5) is 21.6. The van der Waals surface area contributed by atoms with Gasteiger partial charge in [0.1, 0.15) is 11.6 Å². The number of carbonyl (C=O) groups is 1. The lowest BCUT2D eigenvalue weighted by Crippen LogP contribution is -2.35. The van der Waals surface area contributed by atoms with E-state index in [0.717, 1.165) is 31.9 Å². The highest BCUT2D eigenvalue weighted by molar-refractivity contribution is 7.90. The molecule has 1 heterocycles. The van der Waals surface area contributed by atoms with E-state index < -0.39 is 9.84 Å². The Balaban J connectivity index is 2.06. The molecule has 0 aliphatic heterocycles. The van der Waals surface area contributed by atoms with Crippen molar-refractivity contribution in [1.82, 2.24) is 14.9 Å². The zero-order valence-corrected chi connectivity index (χ0v) is 14.8. The molecule has 1 N–H and O–H groups in total. The summed E-state index contributed by atoms with van der Waals surface area (Å²) in [5.41, 5.74) is -0.0664. The van der Waals surface area contributed by atoms with Gasteiger partial charge in [-0.15, -0.1) is 0 Å². The zero-order valence-electron chi connectivity index (χ0n) is 14.0. The van der Waals surface area contributed by atoms with Crippen molar-refractivity contribution in [2.24, 2.45) is 5.92 Å². The molecule has 1 fully saturated rings. The fraction of sp³-hybridized carbons (Fsp3) is 0.600. The lowest BCUT2D eigenvalue weighted by Gasteiger charge is -2.29. The van der Waals surface area contributed by atoms with E-state index in [1.807, 2.05) is 0 Å². The Kier molecular flexibility index (Phi) is 5.39. The number of hydrogen-bond acceptors (Lipinski definition) is 7. The minimum Gasteiger partial charge on any atom is -0.351 e. The summed E-state index contributed by atoms with van der Waals surface area (Å²) in [7, 11) is -0.0943. The molecule has 0 atom stereocenters. The number of nitriles is 1. The second-order valence-electron chi connectivity index (χ2n) is 6.22. The molecular formula is C15H21N5O3S. The predicted molar refractivity (Wildman–Crippen MR) is 87.9 cm³/mol. The largest absolute Gasteiger partial charge is 0.351 e. The van der Waals surface area contributed by atoms with Crippen molar-refractivity contribution < 1.29 is 13.2 Å². The number of nitrogens with zero attached hydrogens (tertiary/aromatic N) is 4. The standard InChI is InChI=1S/C15H21N5O3S/c1-20(2)14(21)10-4-6-12(7-5-10)18-15-17-9-11(8-16)13(19-15)24(3,22)23/h9-10,12H,4-7H2,1-3H3,(H,17,18,19). The highest BCUT2D eigenvalue weighted by Crippen LogP contribution is 2.27. The Labute approximate surface area is 141 Å². The number of rotatable bonds is 4. The number of carbonyl (C=O) groups excluding carboxylic acids is 1. The van der Waals surface area contributed by atoms with Gasteiger partial charge in [-0.2, -0.15) is 10.2 Å².